The molecule has 0 saturated carbocycles. The summed E-state index contributed by atoms with van der Waals surface area (Å²) in [6.07, 6.45) is 3.37. The van der Waals surface area contributed by atoms with E-state index < -0.39 is 5.97 Å². The van der Waals surface area contributed by atoms with E-state index in [9.17, 15) is 9.59 Å². The second-order valence-corrected chi connectivity index (χ2v) is 4.36. The topological polar surface area (TPSA) is 95.1 Å². The Morgan fingerprint density at radius 2 is 2.24 bits per heavy atom. The molecule has 3 N–H and O–H groups in total. The third-order valence-corrected chi connectivity index (χ3v) is 2.26. The summed E-state index contributed by atoms with van der Waals surface area (Å²) in [6, 6.07) is -0.358. The van der Waals surface area contributed by atoms with Gasteiger partial charge in [-0.1, -0.05) is 13.8 Å². The van der Waals surface area contributed by atoms with Gasteiger partial charge in [-0.2, -0.15) is 0 Å². The normalized spacial score (nSPS) is 12.4. The van der Waals surface area contributed by atoms with Gasteiger partial charge in [-0.25, -0.2) is 4.98 Å². The molecule has 0 aliphatic heterocycles. The number of carboxylic acids is 1. The van der Waals surface area contributed by atoms with Gasteiger partial charge < -0.3 is 15.4 Å². The summed E-state index contributed by atoms with van der Waals surface area (Å²) in [5.41, 5.74) is 0.337. The van der Waals surface area contributed by atoms with Gasteiger partial charge in [-0.05, 0) is 12.3 Å². The molecule has 0 aliphatic rings. The van der Waals surface area contributed by atoms with Gasteiger partial charge in [-0.15, -0.1) is 0 Å². The Balaban J connectivity index is 2.59. The van der Waals surface area contributed by atoms with E-state index >= 15 is 0 Å². The van der Waals surface area contributed by atoms with Gasteiger partial charge in [0.1, 0.15) is 5.69 Å². The van der Waals surface area contributed by atoms with Gasteiger partial charge >= 0.3 is 5.97 Å². The van der Waals surface area contributed by atoms with Crippen LogP contribution in [0.4, 0.5) is 0 Å². The maximum absolute atomic E-state index is 11.7. The third kappa shape index (κ3) is 4.67. The van der Waals surface area contributed by atoms with Gasteiger partial charge in [0.15, 0.2) is 0 Å². The molecule has 0 aliphatic carbocycles. The van der Waals surface area contributed by atoms with Crippen molar-refractivity contribution in [3.8, 4) is 0 Å². The second-order valence-electron chi connectivity index (χ2n) is 4.36. The number of aromatic nitrogens is 2. The molecular weight excluding hydrogens is 222 g/mol. The fourth-order valence-electron chi connectivity index (χ4n) is 1.62. The number of H-pyrrole nitrogens is 1. The molecule has 0 spiro atoms. The van der Waals surface area contributed by atoms with E-state index in [0.29, 0.717) is 18.0 Å². The molecule has 1 rings (SSSR count). The maximum Gasteiger partial charge on any atom is 0.305 e. The summed E-state index contributed by atoms with van der Waals surface area (Å²) in [5.74, 6) is -0.920. The summed E-state index contributed by atoms with van der Waals surface area (Å²) in [6.45, 7) is 3.97. The number of carbonyl (C=O) groups excluding carboxylic acids is 1. The van der Waals surface area contributed by atoms with E-state index in [1.807, 2.05) is 13.8 Å². The smallest absolute Gasteiger partial charge is 0.305 e. The molecule has 0 saturated heterocycles. The Bertz CT molecular complexity index is 373. The van der Waals surface area contributed by atoms with Crippen molar-refractivity contribution in [3.05, 3.63) is 18.2 Å². The van der Waals surface area contributed by atoms with Gasteiger partial charge in [0, 0.05) is 6.04 Å². The van der Waals surface area contributed by atoms with Gasteiger partial charge in [-0.3, -0.25) is 9.59 Å². The Kier molecular flexibility index (Phi) is 4.68. The van der Waals surface area contributed by atoms with Gasteiger partial charge in [0.25, 0.3) is 5.91 Å². The Labute approximate surface area is 99.4 Å². The van der Waals surface area contributed by atoms with Crippen molar-refractivity contribution in [2.24, 2.45) is 5.92 Å². The van der Waals surface area contributed by atoms with Crippen molar-refractivity contribution < 1.29 is 14.7 Å². The fraction of sp³-hybridized carbons (Fsp3) is 0.545. The highest BCUT2D eigenvalue weighted by molar-refractivity contribution is 5.92. The van der Waals surface area contributed by atoms with Crippen molar-refractivity contribution in [3.63, 3.8) is 0 Å². The van der Waals surface area contributed by atoms with Gasteiger partial charge in [0.05, 0.1) is 18.9 Å². The predicted octanol–water partition coefficient (Wildman–Crippen LogP) is 1.03. The molecule has 1 aromatic heterocycles. The molecule has 1 amide bonds. The fourth-order valence-corrected chi connectivity index (χ4v) is 1.62. The average molecular weight is 239 g/mol. The molecule has 0 bridgehead atoms. The maximum atomic E-state index is 11.7. The van der Waals surface area contributed by atoms with Gasteiger partial charge in [0.2, 0.25) is 0 Å². The van der Waals surface area contributed by atoms with Crippen LogP contribution in [0.3, 0.4) is 0 Å². The number of hydrogen-bond acceptors (Lipinski definition) is 3. The SMILES string of the molecule is CC(C)CC(CC(=O)O)NC(=O)c1cnc[nH]1. The van der Waals surface area contributed by atoms with E-state index in [1.165, 1.54) is 12.5 Å². The summed E-state index contributed by atoms with van der Waals surface area (Å²) in [7, 11) is 0. The summed E-state index contributed by atoms with van der Waals surface area (Å²) in [4.78, 5) is 28.8. The van der Waals surface area contributed by atoms with Crippen molar-refractivity contribution in [2.45, 2.75) is 32.7 Å². The minimum absolute atomic E-state index is 0.0714. The van der Waals surface area contributed by atoms with E-state index in [2.05, 4.69) is 15.3 Å². The van der Waals surface area contributed by atoms with Crippen LogP contribution in [0.2, 0.25) is 0 Å². The summed E-state index contributed by atoms with van der Waals surface area (Å²) >= 11 is 0. The largest absolute Gasteiger partial charge is 0.481 e. The number of amides is 1. The Morgan fingerprint density at radius 3 is 2.71 bits per heavy atom. The predicted molar refractivity (Wildman–Crippen MR) is 61.5 cm³/mol. The second kappa shape index (κ2) is 6.03. The van der Waals surface area contributed by atoms with E-state index in [-0.39, 0.29) is 18.4 Å². The van der Waals surface area contributed by atoms with Crippen LogP contribution >= 0.6 is 0 Å². The molecule has 1 aromatic rings. The van der Waals surface area contributed by atoms with Crippen LogP contribution in [-0.4, -0.2) is 33.0 Å². The number of nitrogens with zero attached hydrogens (tertiary/aromatic N) is 1. The lowest BCUT2D eigenvalue weighted by molar-refractivity contribution is -0.137. The highest BCUT2D eigenvalue weighted by Crippen LogP contribution is 2.08. The molecule has 0 aromatic carbocycles. The van der Waals surface area contributed by atoms with E-state index in [0.717, 1.165) is 0 Å². The van der Waals surface area contributed by atoms with Crippen molar-refractivity contribution >= 4 is 11.9 Å². The molecule has 1 heterocycles. The molecule has 6 heteroatoms. The first-order valence-electron chi connectivity index (χ1n) is 5.50. The number of carboxylic acid groups (broad SMARTS) is 1. The van der Waals surface area contributed by atoms with Crippen molar-refractivity contribution in [2.75, 3.05) is 0 Å². The zero-order valence-corrected chi connectivity index (χ0v) is 9.93. The highest BCUT2D eigenvalue weighted by Gasteiger charge is 2.18. The number of aliphatic carboxylic acids is 1. The van der Waals surface area contributed by atoms with Crippen molar-refractivity contribution in [1.82, 2.24) is 15.3 Å². The Morgan fingerprint density at radius 1 is 1.53 bits per heavy atom. The number of aromatic amines is 1. The van der Waals surface area contributed by atoms with Crippen LogP contribution in [0.15, 0.2) is 12.5 Å². The summed E-state index contributed by atoms with van der Waals surface area (Å²) < 4.78 is 0. The first-order chi connectivity index (χ1) is 7.99. The van der Waals surface area contributed by atoms with Crippen molar-refractivity contribution in [1.29, 1.82) is 0 Å². The highest BCUT2D eigenvalue weighted by atomic mass is 16.4. The molecule has 94 valence electrons. The Hall–Kier alpha value is -1.85. The number of hydrogen-bond donors (Lipinski definition) is 3. The standard InChI is InChI=1S/C11H17N3O3/c1-7(2)3-8(4-10(15)16)14-11(17)9-5-12-6-13-9/h5-8H,3-4H2,1-2H3,(H,12,13)(H,14,17)(H,15,16). The third-order valence-electron chi connectivity index (χ3n) is 2.26. The van der Waals surface area contributed by atoms with Crippen LogP contribution in [0, 0.1) is 5.92 Å². The molecule has 0 radical (unpaired) electrons. The first-order valence-corrected chi connectivity index (χ1v) is 5.50. The minimum Gasteiger partial charge on any atom is -0.481 e. The lowest BCUT2D eigenvalue weighted by atomic mass is 10.0. The van der Waals surface area contributed by atoms with Crippen LogP contribution in [0.1, 0.15) is 37.2 Å². The molecule has 17 heavy (non-hydrogen) atoms. The molecule has 0 fully saturated rings. The monoisotopic (exact) mass is 239 g/mol. The summed E-state index contributed by atoms with van der Waals surface area (Å²) in [5, 5.41) is 11.5. The zero-order valence-electron chi connectivity index (χ0n) is 9.93. The first kappa shape index (κ1) is 13.2. The van der Waals surface area contributed by atoms with Crippen LogP contribution < -0.4 is 5.32 Å². The lowest BCUT2D eigenvalue weighted by Gasteiger charge is -2.18. The number of imidazole rings is 1. The minimum atomic E-state index is -0.916. The van der Waals surface area contributed by atoms with Crippen LogP contribution in [-0.2, 0) is 4.79 Å². The zero-order chi connectivity index (χ0) is 12.8. The number of nitrogens with one attached hydrogen (secondary N) is 2. The van der Waals surface area contributed by atoms with Crippen LogP contribution in [0.25, 0.3) is 0 Å². The molecule has 1 unspecified atom stereocenters. The number of rotatable bonds is 6. The van der Waals surface area contributed by atoms with E-state index in [1.54, 1.807) is 0 Å². The quantitative estimate of drug-likeness (QED) is 0.691. The van der Waals surface area contributed by atoms with E-state index in [4.69, 9.17) is 5.11 Å². The number of carbonyl (C=O) groups is 2. The molecule has 1 atom stereocenters. The van der Waals surface area contributed by atoms with Crippen LogP contribution in [0.5, 0.6) is 0 Å². The molecule has 6 nitrogen and oxygen atoms in total. The lowest BCUT2D eigenvalue weighted by Crippen LogP contribution is -2.37. The average Bonchev–Trinajstić information content (AvgIpc) is 2.67. The molecular formula is C11H17N3O3.